The topological polar surface area (TPSA) is 70.8 Å². The van der Waals surface area contributed by atoms with Crippen molar-refractivity contribution < 1.29 is 19.1 Å². The van der Waals surface area contributed by atoms with E-state index in [-0.39, 0.29) is 12.3 Å². The van der Waals surface area contributed by atoms with Gasteiger partial charge in [-0.05, 0) is 41.9 Å². The van der Waals surface area contributed by atoms with E-state index in [1.807, 2.05) is 0 Å². The molecule has 1 heterocycles. The number of likely N-dealkylation sites (N-methyl/N-ethyl adjacent to an activating group) is 1. The van der Waals surface area contributed by atoms with Crippen LogP contribution in [0.2, 0.25) is 0 Å². The monoisotopic (exact) mass is 289 g/mol. The fraction of sp³-hybridized carbons (Fsp3) is 0.400. The number of halogens is 1. The van der Waals surface area contributed by atoms with Crippen molar-refractivity contribution in [3.8, 4) is 0 Å². The van der Waals surface area contributed by atoms with E-state index in [1.165, 1.54) is 17.9 Å². The molecule has 1 aromatic heterocycles. The van der Waals surface area contributed by atoms with Crippen LogP contribution in [-0.4, -0.2) is 28.9 Å². The average Bonchev–Trinajstić information content (AvgIpc) is 2.66. The summed E-state index contributed by atoms with van der Waals surface area (Å²) in [7, 11) is 0. The summed E-state index contributed by atoms with van der Waals surface area (Å²) in [5, 5.41) is 9.25. The first-order valence-corrected chi connectivity index (χ1v) is 5.47. The Labute approximate surface area is 101 Å². The van der Waals surface area contributed by atoms with E-state index in [2.05, 4.69) is 15.9 Å². The molecule has 0 radical (unpaired) electrons. The molecule has 0 aliphatic carbocycles. The van der Waals surface area contributed by atoms with E-state index in [0.29, 0.717) is 11.1 Å². The van der Waals surface area contributed by atoms with E-state index in [9.17, 15) is 14.7 Å². The highest BCUT2D eigenvalue weighted by molar-refractivity contribution is 9.10. The van der Waals surface area contributed by atoms with Gasteiger partial charge in [-0.1, -0.05) is 0 Å². The Bertz CT molecular complexity index is 403. The van der Waals surface area contributed by atoms with Gasteiger partial charge in [-0.15, -0.1) is 0 Å². The third kappa shape index (κ3) is 1.97. The van der Waals surface area contributed by atoms with E-state index in [4.69, 9.17) is 4.42 Å². The van der Waals surface area contributed by atoms with Crippen LogP contribution in [0.1, 0.15) is 19.6 Å². The first kappa shape index (κ1) is 12.8. The van der Waals surface area contributed by atoms with Crippen LogP contribution < -0.4 is 0 Å². The number of nitrogens with zero attached hydrogens (tertiary/aromatic N) is 1. The lowest BCUT2D eigenvalue weighted by molar-refractivity contribution is -0.156. The molecule has 0 aromatic carbocycles. The Morgan fingerprint density at radius 2 is 2.31 bits per heavy atom. The number of rotatable bonds is 5. The van der Waals surface area contributed by atoms with Crippen molar-refractivity contribution in [1.29, 1.82) is 0 Å². The van der Waals surface area contributed by atoms with Crippen molar-refractivity contribution in [2.45, 2.75) is 19.4 Å². The van der Waals surface area contributed by atoms with Gasteiger partial charge >= 0.3 is 5.97 Å². The molecule has 0 saturated carbocycles. The lowest BCUT2D eigenvalue weighted by atomic mass is 9.97. The van der Waals surface area contributed by atoms with Crippen LogP contribution in [0.25, 0.3) is 0 Å². The second kappa shape index (κ2) is 4.69. The molecular formula is C10H12BrNO4. The third-order valence-corrected chi connectivity index (χ3v) is 2.94. The van der Waals surface area contributed by atoms with Crippen LogP contribution >= 0.6 is 15.9 Å². The maximum Gasteiger partial charge on any atom is 0.337 e. The predicted octanol–water partition coefficient (Wildman–Crippen LogP) is 1.82. The molecule has 0 spiro atoms. The van der Waals surface area contributed by atoms with Crippen LogP contribution in [0, 0.1) is 0 Å². The normalized spacial score (nSPS) is 14.2. The summed E-state index contributed by atoms with van der Waals surface area (Å²) in [5.74, 6) is -0.927. The molecule has 1 atom stereocenters. The van der Waals surface area contributed by atoms with Crippen LogP contribution in [0.3, 0.4) is 0 Å². The van der Waals surface area contributed by atoms with Crippen LogP contribution in [0.5, 0.6) is 0 Å². The summed E-state index contributed by atoms with van der Waals surface area (Å²) in [5.41, 5.74) is -1.48. The summed E-state index contributed by atoms with van der Waals surface area (Å²) in [6.45, 7) is 3.41. The number of carboxylic acids is 1. The van der Waals surface area contributed by atoms with Crippen molar-refractivity contribution in [3.63, 3.8) is 0 Å². The maximum atomic E-state index is 11.3. The SMILES string of the molecule is CCN(C=O)C(C)(C(=O)O)c1ccc(Br)o1. The second-order valence-corrected chi connectivity index (χ2v) is 4.15. The van der Waals surface area contributed by atoms with E-state index in [1.54, 1.807) is 13.0 Å². The number of carboxylic acid groups (broad SMARTS) is 1. The molecule has 88 valence electrons. The molecule has 0 bridgehead atoms. The van der Waals surface area contributed by atoms with Gasteiger partial charge in [0.2, 0.25) is 6.41 Å². The van der Waals surface area contributed by atoms with Crippen molar-refractivity contribution in [2.24, 2.45) is 0 Å². The molecule has 0 saturated heterocycles. The maximum absolute atomic E-state index is 11.3. The minimum atomic E-state index is -1.48. The average molecular weight is 290 g/mol. The van der Waals surface area contributed by atoms with Crippen LogP contribution in [0.15, 0.2) is 21.2 Å². The zero-order valence-corrected chi connectivity index (χ0v) is 10.5. The highest BCUT2D eigenvalue weighted by Gasteiger charge is 2.43. The highest BCUT2D eigenvalue weighted by Crippen LogP contribution is 2.30. The van der Waals surface area contributed by atoms with Crippen molar-refractivity contribution >= 4 is 28.3 Å². The summed E-state index contributed by atoms with van der Waals surface area (Å²) in [6, 6.07) is 3.12. The lowest BCUT2D eigenvalue weighted by Gasteiger charge is -2.32. The van der Waals surface area contributed by atoms with Gasteiger partial charge in [0.05, 0.1) is 0 Å². The molecule has 5 nitrogen and oxygen atoms in total. The van der Waals surface area contributed by atoms with Gasteiger partial charge in [0.1, 0.15) is 5.76 Å². The fourth-order valence-corrected chi connectivity index (χ4v) is 1.75. The minimum absolute atomic E-state index is 0.209. The number of amides is 1. The molecule has 0 aliphatic heterocycles. The van der Waals surface area contributed by atoms with Gasteiger partial charge in [0.15, 0.2) is 10.2 Å². The van der Waals surface area contributed by atoms with Gasteiger partial charge in [-0.2, -0.15) is 0 Å². The Morgan fingerprint density at radius 1 is 1.69 bits per heavy atom. The number of aliphatic carboxylic acids is 1. The number of furan rings is 1. The van der Waals surface area contributed by atoms with E-state index >= 15 is 0 Å². The molecule has 6 heteroatoms. The number of carbonyl (C=O) groups excluding carboxylic acids is 1. The first-order chi connectivity index (χ1) is 7.46. The molecule has 1 rings (SSSR count). The summed E-state index contributed by atoms with van der Waals surface area (Å²) in [4.78, 5) is 23.4. The Hall–Kier alpha value is -1.30. The molecular weight excluding hydrogens is 278 g/mol. The van der Waals surface area contributed by atoms with E-state index in [0.717, 1.165) is 0 Å². The van der Waals surface area contributed by atoms with Crippen LogP contribution in [0.4, 0.5) is 0 Å². The second-order valence-electron chi connectivity index (χ2n) is 3.37. The summed E-state index contributed by atoms with van der Waals surface area (Å²) < 4.78 is 5.66. The Balaban J connectivity index is 3.25. The molecule has 1 amide bonds. The number of hydrogen-bond acceptors (Lipinski definition) is 3. The highest BCUT2D eigenvalue weighted by atomic mass is 79.9. The molecule has 1 unspecified atom stereocenters. The summed E-state index contributed by atoms with van der Waals surface area (Å²) in [6.07, 6.45) is 0.505. The smallest absolute Gasteiger partial charge is 0.337 e. The van der Waals surface area contributed by atoms with E-state index < -0.39 is 11.5 Å². The fourth-order valence-electron chi connectivity index (χ4n) is 1.44. The number of carbonyl (C=O) groups is 2. The predicted molar refractivity (Wildman–Crippen MR) is 59.8 cm³/mol. The third-order valence-electron chi connectivity index (χ3n) is 2.51. The van der Waals surface area contributed by atoms with Gasteiger partial charge in [-0.25, -0.2) is 4.79 Å². The Kier molecular flexibility index (Phi) is 3.74. The van der Waals surface area contributed by atoms with Gasteiger partial charge in [-0.3, -0.25) is 4.79 Å². The molecule has 0 aliphatic rings. The van der Waals surface area contributed by atoms with Crippen LogP contribution in [-0.2, 0) is 15.1 Å². The zero-order valence-electron chi connectivity index (χ0n) is 8.94. The van der Waals surface area contributed by atoms with Crippen molar-refractivity contribution in [3.05, 3.63) is 22.6 Å². The minimum Gasteiger partial charge on any atom is -0.479 e. The zero-order chi connectivity index (χ0) is 12.3. The van der Waals surface area contributed by atoms with Gasteiger partial charge in [0.25, 0.3) is 0 Å². The molecule has 16 heavy (non-hydrogen) atoms. The lowest BCUT2D eigenvalue weighted by Crippen LogP contribution is -2.48. The first-order valence-electron chi connectivity index (χ1n) is 4.68. The Morgan fingerprint density at radius 3 is 2.62 bits per heavy atom. The molecule has 1 N–H and O–H groups in total. The molecule has 1 aromatic rings. The van der Waals surface area contributed by atoms with Crippen molar-refractivity contribution in [2.75, 3.05) is 6.54 Å². The largest absolute Gasteiger partial charge is 0.479 e. The standard InChI is InChI=1S/C10H12BrNO4/c1-3-12(6-13)10(2,9(14)15)7-4-5-8(11)16-7/h4-6H,3H2,1-2H3,(H,14,15). The summed E-state index contributed by atoms with van der Waals surface area (Å²) >= 11 is 3.10. The quantitative estimate of drug-likeness (QED) is 0.840. The number of hydrogen-bond donors (Lipinski definition) is 1. The van der Waals surface area contributed by atoms with Gasteiger partial charge in [0, 0.05) is 6.54 Å². The van der Waals surface area contributed by atoms with Crippen molar-refractivity contribution in [1.82, 2.24) is 4.90 Å². The van der Waals surface area contributed by atoms with Gasteiger partial charge < -0.3 is 14.4 Å². The molecule has 0 fully saturated rings.